The van der Waals surface area contributed by atoms with Gasteiger partial charge in [0.1, 0.15) is 0 Å². The van der Waals surface area contributed by atoms with Crippen LogP contribution in [0.2, 0.25) is 0 Å². The summed E-state index contributed by atoms with van der Waals surface area (Å²) in [6.45, 7) is 1.86. The molecule has 1 atom stereocenters. The lowest BCUT2D eigenvalue weighted by Gasteiger charge is -2.15. The van der Waals surface area contributed by atoms with Crippen molar-refractivity contribution in [3.63, 3.8) is 0 Å². The first-order valence-corrected chi connectivity index (χ1v) is 7.57. The average Bonchev–Trinajstić information content (AvgIpc) is 2.37. The van der Waals surface area contributed by atoms with Gasteiger partial charge in [-0.25, -0.2) is 0 Å². The van der Waals surface area contributed by atoms with Crippen molar-refractivity contribution in [3.8, 4) is 5.75 Å². The summed E-state index contributed by atoms with van der Waals surface area (Å²) in [5.74, 6) is 0.00503. The molecule has 4 nitrogen and oxygen atoms in total. The maximum Gasteiger partial charge on any atom is 0.573 e. The summed E-state index contributed by atoms with van der Waals surface area (Å²) in [5.41, 5.74) is 5.42. The first kappa shape index (κ1) is 17.5. The molecule has 0 aliphatic carbocycles. The van der Waals surface area contributed by atoms with Gasteiger partial charge in [-0.05, 0) is 43.6 Å². The number of anilines is 1. The van der Waals surface area contributed by atoms with Crippen LogP contribution in [0.4, 0.5) is 18.9 Å². The van der Waals surface area contributed by atoms with Crippen molar-refractivity contribution in [2.24, 2.45) is 0 Å². The van der Waals surface area contributed by atoms with E-state index >= 15 is 0 Å². The van der Waals surface area contributed by atoms with Crippen LogP contribution in [0.1, 0.15) is 23.7 Å². The Morgan fingerprint density at radius 2 is 2.14 bits per heavy atom. The monoisotopic (exact) mass is 322 g/mol. The maximum atomic E-state index is 12.1. The van der Waals surface area contributed by atoms with Crippen molar-refractivity contribution < 1.29 is 22.7 Å². The van der Waals surface area contributed by atoms with Crippen LogP contribution in [0.3, 0.4) is 0 Å². The van der Waals surface area contributed by atoms with Gasteiger partial charge in [0, 0.05) is 11.6 Å². The number of rotatable bonds is 6. The van der Waals surface area contributed by atoms with Gasteiger partial charge in [0.2, 0.25) is 0 Å². The van der Waals surface area contributed by atoms with E-state index in [1.807, 2.05) is 13.2 Å². The molecule has 0 heterocycles. The minimum absolute atomic E-state index is 0.0303. The van der Waals surface area contributed by atoms with Crippen LogP contribution in [0.25, 0.3) is 0 Å². The highest BCUT2D eigenvalue weighted by molar-refractivity contribution is 7.98. The van der Waals surface area contributed by atoms with Crippen molar-refractivity contribution in [2.75, 3.05) is 17.7 Å². The molecule has 0 aliphatic heterocycles. The number of halogens is 3. The molecule has 1 amide bonds. The molecule has 1 aromatic carbocycles. The number of alkyl halides is 3. The highest BCUT2D eigenvalue weighted by Gasteiger charge is 2.32. The van der Waals surface area contributed by atoms with Crippen molar-refractivity contribution >= 4 is 23.4 Å². The smallest absolute Gasteiger partial charge is 0.404 e. The highest BCUT2D eigenvalue weighted by Crippen LogP contribution is 2.28. The third-order valence-electron chi connectivity index (χ3n) is 2.63. The number of thioether (sulfide) groups is 1. The van der Waals surface area contributed by atoms with Crippen LogP contribution in [0.5, 0.6) is 5.75 Å². The fourth-order valence-electron chi connectivity index (χ4n) is 1.58. The second kappa shape index (κ2) is 7.44. The van der Waals surface area contributed by atoms with Crippen molar-refractivity contribution in [1.82, 2.24) is 5.32 Å². The normalized spacial score (nSPS) is 12.8. The third-order valence-corrected chi connectivity index (χ3v) is 3.27. The number of ether oxygens (including phenoxy) is 1. The zero-order valence-electron chi connectivity index (χ0n) is 11.7. The van der Waals surface area contributed by atoms with Gasteiger partial charge in [0.25, 0.3) is 5.91 Å². The second-order valence-electron chi connectivity index (χ2n) is 4.46. The first-order chi connectivity index (χ1) is 9.73. The minimum atomic E-state index is -4.82. The van der Waals surface area contributed by atoms with Crippen molar-refractivity contribution in [1.29, 1.82) is 0 Å². The van der Waals surface area contributed by atoms with Gasteiger partial charge in [0.05, 0.1) is 5.69 Å². The predicted octanol–water partition coefficient (Wildman–Crippen LogP) is 3.04. The van der Waals surface area contributed by atoms with Crippen LogP contribution in [0, 0.1) is 0 Å². The number of carbonyl (C=O) groups excluding carboxylic acids is 1. The molecule has 8 heteroatoms. The molecule has 0 fully saturated rings. The molecule has 0 aliphatic rings. The lowest BCUT2D eigenvalue weighted by molar-refractivity contribution is -0.274. The summed E-state index contributed by atoms with van der Waals surface area (Å²) < 4.78 is 40.1. The van der Waals surface area contributed by atoms with E-state index in [2.05, 4.69) is 10.1 Å². The molecule has 0 aromatic heterocycles. The Morgan fingerprint density at radius 3 is 2.67 bits per heavy atom. The Balaban J connectivity index is 2.72. The van der Waals surface area contributed by atoms with Gasteiger partial charge < -0.3 is 15.8 Å². The molecule has 0 spiro atoms. The molecular formula is C13H17F3N2O2S. The molecule has 0 saturated carbocycles. The molecule has 0 bridgehead atoms. The van der Waals surface area contributed by atoms with E-state index in [0.717, 1.165) is 24.3 Å². The molecule has 0 saturated heterocycles. The van der Waals surface area contributed by atoms with Crippen LogP contribution >= 0.6 is 11.8 Å². The summed E-state index contributed by atoms with van der Waals surface area (Å²) in [6, 6.07) is 3.41. The molecule has 21 heavy (non-hydrogen) atoms. The molecule has 3 N–H and O–H groups in total. The Kier molecular flexibility index (Phi) is 6.19. The quantitative estimate of drug-likeness (QED) is 0.790. The van der Waals surface area contributed by atoms with E-state index in [4.69, 9.17) is 5.73 Å². The van der Waals surface area contributed by atoms with Gasteiger partial charge in [0.15, 0.2) is 5.75 Å². The summed E-state index contributed by atoms with van der Waals surface area (Å²) >= 11 is 1.67. The Labute approximate surface area is 125 Å². The van der Waals surface area contributed by atoms with E-state index in [0.29, 0.717) is 0 Å². The van der Waals surface area contributed by atoms with Crippen LogP contribution in [-0.4, -0.2) is 30.3 Å². The van der Waals surface area contributed by atoms with Crippen LogP contribution < -0.4 is 15.8 Å². The van der Waals surface area contributed by atoms with E-state index in [1.54, 1.807) is 11.8 Å². The number of amides is 1. The average molecular weight is 322 g/mol. The van der Waals surface area contributed by atoms with Gasteiger partial charge in [-0.2, -0.15) is 11.8 Å². The lowest BCUT2D eigenvalue weighted by atomic mass is 10.1. The first-order valence-electron chi connectivity index (χ1n) is 6.18. The molecule has 1 unspecified atom stereocenters. The number of hydrogen-bond acceptors (Lipinski definition) is 4. The van der Waals surface area contributed by atoms with E-state index < -0.39 is 12.1 Å². The second-order valence-corrected chi connectivity index (χ2v) is 5.44. The fourth-order valence-corrected chi connectivity index (χ4v) is 2.17. The minimum Gasteiger partial charge on any atom is -0.404 e. The number of hydrogen-bond donors (Lipinski definition) is 2. The summed E-state index contributed by atoms with van der Waals surface area (Å²) in [5, 5.41) is 2.76. The zero-order chi connectivity index (χ0) is 16.0. The maximum absolute atomic E-state index is 12.1. The highest BCUT2D eigenvalue weighted by atomic mass is 32.2. The Hall–Kier alpha value is -1.57. The number of nitrogens with one attached hydrogen (secondary N) is 1. The number of nitrogen functional groups attached to an aromatic ring is 1. The van der Waals surface area contributed by atoms with Crippen LogP contribution in [0.15, 0.2) is 18.2 Å². The largest absolute Gasteiger partial charge is 0.573 e. The van der Waals surface area contributed by atoms with E-state index in [-0.39, 0.29) is 23.2 Å². The Morgan fingerprint density at radius 1 is 1.48 bits per heavy atom. The van der Waals surface area contributed by atoms with Gasteiger partial charge in [-0.3, -0.25) is 4.79 Å². The number of carbonyl (C=O) groups is 1. The summed E-state index contributed by atoms with van der Waals surface area (Å²) in [6.07, 6.45) is -2.05. The van der Waals surface area contributed by atoms with Crippen molar-refractivity contribution in [3.05, 3.63) is 23.8 Å². The summed E-state index contributed by atoms with van der Waals surface area (Å²) in [7, 11) is 0. The third kappa shape index (κ3) is 6.16. The lowest BCUT2D eigenvalue weighted by Crippen LogP contribution is -2.33. The number of benzene rings is 1. The van der Waals surface area contributed by atoms with Crippen molar-refractivity contribution in [2.45, 2.75) is 25.7 Å². The van der Waals surface area contributed by atoms with Gasteiger partial charge >= 0.3 is 6.36 Å². The zero-order valence-corrected chi connectivity index (χ0v) is 12.5. The summed E-state index contributed by atoms with van der Waals surface area (Å²) in [4.78, 5) is 11.9. The topological polar surface area (TPSA) is 64.3 Å². The predicted molar refractivity (Wildman–Crippen MR) is 77.5 cm³/mol. The number of nitrogens with two attached hydrogens (primary N) is 1. The van der Waals surface area contributed by atoms with Gasteiger partial charge in [-0.1, -0.05) is 0 Å². The molecular weight excluding hydrogens is 305 g/mol. The standard InChI is InChI=1S/C13H17F3N2O2S/c1-8(5-6-21-2)18-12(19)9-3-4-11(10(17)7-9)20-13(14,15)16/h3-4,7-8H,5-6,17H2,1-2H3,(H,18,19). The van der Waals surface area contributed by atoms with Gasteiger partial charge in [-0.15, -0.1) is 13.2 Å². The van der Waals surface area contributed by atoms with E-state index in [1.165, 1.54) is 6.07 Å². The molecule has 118 valence electrons. The molecule has 0 radical (unpaired) electrons. The molecule has 1 aromatic rings. The molecule has 1 rings (SSSR count). The SMILES string of the molecule is CSCCC(C)NC(=O)c1ccc(OC(F)(F)F)c(N)c1. The van der Waals surface area contributed by atoms with Crippen LogP contribution in [-0.2, 0) is 0 Å². The Bertz CT molecular complexity index is 495. The fraction of sp³-hybridized carbons (Fsp3) is 0.462. The van der Waals surface area contributed by atoms with E-state index in [9.17, 15) is 18.0 Å².